The van der Waals surface area contributed by atoms with E-state index in [1.165, 1.54) is 12.1 Å². The predicted molar refractivity (Wildman–Crippen MR) is 51.6 cm³/mol. The molecule has 68 valence electrons. The molecule has 0 saturated heterocycles. The van der Waals surface area contributed by atoms with Crippen LogP contribution in [0.4, 0.5) is 10.1 Å². The van der Waals surface area contributed by atoms with Crippen molar-refractivity contribution in [3.05, 3.63) is 29.6 Å². The Morgan fingerprint density at radius 3 is 2.92 bits per heavy atom. The van der Waals surface area contributed by atoms with Gasteiger partial charge in [-0.05, 0) is 25.2 Å². The highest BCUT2D eigenvalue weighted by Gasteiger charge is 1.96. The van der Waals surface area contributed by atoms with Gasteiger partial charge in [-0.25, -0.2) is 4.39 Å². The molecule has 0 aliphatic carbocycles. The van der Waals surface area contributed by atoms with Crippen molar-refractivity contribution >= 4 is 5.69 Å². The minimum absolute atomic E-state index is 0.135. The molecule has 0 amide bonds. The van der Waals surface area contributed by atoms with Gasteiger partial charge in [0.05, 0.1) is 12.2 Å². The first-order chi connectivity index (χ1) is 6.24. The van der Waals surface area contributed by atoms with Gasteiger partial charge in [0.15, 0.2) is 0 Å². The quantitative estimate of drug-likeness (QED) is 0.497. The molecule has 0 fully saturated rings. The van der Waals surface area contributed by atoms with E-state index in [-0.39, 0.29) is 5.69 Å². The molecule has 0 atom stereocenters. The number of anilines is 1. The van der Waals surface area contributed by atoms with Gasteiger partial charge in [0.25, 0.3) is 0 Å². The smallest absolute Gasteiger partial charge is 0.146 e. The zero-order valence-corrected chi connectivity index (χ0v) is 7.39. The van der Waals surface area contributed by atoms with Crippen molar-refractivity contribution in [2.45, 2.75) is 0 Å². The maximum atomic E-state index is 12.7. The molecule has 0 aliphatic rings. The Hall–Kier alpha value is -1.53. The van der Waals surface area contributed by atoms with Crippen LogP contribution in [0, 0.1) is 17.7 Å². The zero-order chi connectivity index (χ0) is 9.68. The standard InChI is InChI=1S/C10H11FN2/c1-13-6-2-3-8-4-5-9(11)10(12)7-8/h4-5,7,13H,6,12H2,1H3. The second-order valence-electron chi connectivity index (χ2n) is 2.57. The number of hydrogen-bond acceptors (Lipinski definition) is 2. The van der Waals surface area contributed by atoms with Gasteiger partial charge in [0.1, 0.15) is 5.82 Å². The monoisotopic (exact) mass is 178 g/mol. The average molecular weight is 178 g/mol. The molecule has 1 aromatic carbocycles. The van der Waals surface area contributed by atoms with Crippen LogP contribution in [0.2, 0.25) is 0 Å². The van der Waals surface area contributed by atoms with E-state index in [0.717, 1.165) is 5.56 Å². The summed E-state index contributed by atoms with van der Waals surface area (Å²) >= 11 is 0. The van der Waals surface area contributed by atoms with Crippen molar-refractivity contribution in [2.24, 2.45) is 0 Å². The third kappa shape index (κ3) is 2.77. The molecule has 3 heteroatoms. The van der Waals surface area contributed by atoms with Crippen LogP contribution < -0.4 is 11.1 Å². The van der Waals surface area contributed by atoms with Crippen LogP contribution in [0.25, 0.3) is 0 Å². The molecule has 0 unspecified atom stereocenters. The fourth-order valence-corrected chi connectivity index (χ4v) is 0.856. The van der Waals surface area contributed by atoms with E-state index >= 15 is 0 Å². The fourth-order valence-electron chi connectivity index (χ4n) is 0.856. The number of benzene rings is 1. The lowest BCUT2D eigenvalue weighted by Crippen LogP contribution is -2.04. The van der Waals surface area contributed by atoms with Crippen LogP contribution in [-0.2, 0) is 0 Å². The van der Waals surface area contributed by atoms with Crippen LogP contribution in [-0.4, -0.2) is 13.6 Å². The topological polar surface area (TPSA) is 38.0 Å². The summed E-state index contributed by atoms with van der Waals surface area (Å²) in [5.74, 6) is 5.31. The van der Waals surface area contributed by atoms with Crippen LogP contribution in [0.5, 0.6) is 0 Å². The van der Waals surface area contributed by atoms with E-state index in [9.17, 15) is 4.39 Å². The van der Waals surface area contributed by atoms with E-state index in [1.54, 1.807) is 6.07 Å². The van der Waals surface area contributed by atoms with Crippen LogP contribution in [0.1, 0.15) is 5.56 Å². The van der Waals surface area contributed by atoms with E-state index in [2.05, 4.69) is 17.2 Å². The Bertz CT molecular complexity index is 350. The fraction of sp³-hybridized carbons (Fsp3) is 0.200. The van der Waals surface area contributed by atoms with Gasteiger partial charge in [-0.15, -0.1) is 0 Å². The number of nitrogens with one attached hydrogen (secondary N) is 1. The van der Waals surface area contributed by atoms with Gasteiger partial charge in [0.2, 0.25) is 0 Å². The molecule has 0 spiro atoms. The van der Waals surface area contributed by atoms with Gasteiger partial charge in [-0.1, -0.05) is 11.8 Å². The molecule has 0 saturated carbocycles. The summed E-state index contributed by atoms with van der Waals surface area (Å²) in [6.07, 6.45) is 0. The Morgan fingerprint density at radius 1 is 1.54 bits per heavy atom. The van der Waals surface area contributed by atoms with Crippen molar-refractivity contribution in [3.8, 4) is 11.8 Å². The summed E-state index contributed by atoms with van der Waals surface area (Å²) < 4.78 is 12.7. The molecular formula is C10H11FN2. The summed E-state index contributed by atoms with van der Waals surface area (Å²) in [5.41, 5.74) is 6.23. The maximum Gasteiger partial charge on any atom is 0.146 e. The summed E-state index contributed by atoms with van der Waals surface area (Å²) in [6.45, 7) is 0.608. The second-order valence-corrected chi connectivity index (χ2v) is 2.57. The largest absolute Gasteiger partial charge is 0.396 e. The lowest BCUT2D eigenvalue weighted by atomic mass is 10.2. The van der Waals surface area contributed by atoms with Gasteiger partial charge >= 0.3 is 0 Å². The molecule has 0 aliphatic heterocycles. The molecule has 1 rings (SSSR count). The molecule has 2 nitrogen and oxygen atoms in total. The average Bonchev–Trinajstić information content (AvgIpc) is 2.12. The highest BCUT2D eigenvalue weighted by Crippen LogP contribution is 2.10. The molecule has 1 aromatic rings. The first kappa shape index (κ1) is 9.56. The van der Waals surface area contributed by atoms with Crippen LogP contribution in [0.15, 0.2) is 18.2 Å². The maximum absolute atomic E-state index is 12.7. The molecule has 13 heavy (non-hydrogen) atoms. The van der Waals surface area contributed by atoms with Crippen LogP contribution in [0.3, 0.4) is 0 Å². The molecule has 0 aromatic heterocycles. The lowest BCUT2D eigenvalue weighted by molar-refractivity contribution is 0.632. The van der Waals surface area contributed by atoms with E-state index in [1.807, 2.05) is 7.05 Å². The van der Waals surface area contributed by atoms with E-state index in [0.29, 0.717) is 6.54 Å². The first-order valence-corrected chi connectivity index (χ1v) is 3.92. The minimum atomic E-state index is -0.404. The van der Waals surface area contributed by atoms with E-state index < -0.39 is 5.82 Å². The molecule has 0 bridgehead atoms. The summed E-state index contributed by atoms with van der Waals surface area (Å²) in [4.78, 5) is 0. The summed E-state index contributed by atoms with van der Waals surface area (Å²) in [6, 6.07) is 4.45. The minimum Gasteiger partial charge on any atom is -0.396 e. The first-order valence-electron chi connectivity index (χ1n) is 3.92. The van der Waals surface area contributed by atoms with Crippen molar-refractivity contribution in [3.63, 3.8) is 0 Å². The summed E-state index contributed by atoms with van der Waals surface area (Å²) in [5, 5.41) is 2.89. The third-order valence-electron chi connectivity index (χ3n) is 1.49. The number of nitrogens with two attached hydrogens (primary N) is 1. The highest BCUT2D eigenvalue weighted by molar-refractivity contribution is 5.48. The highest BCUT2D eigenvalue weighted by atomic mass is 19.1. The van der Waals surface area contributed by atoms with Crippen molar-refractivity contribution in [2.75, 3.05) is 19.3 Å². The number of hydrogen-bond donors (Lipinski definition) is 2. The second kappa shape index (κ2) is 4.48. The molecule has 0 heterocycles. The number of rotatable bonds is 1. The molecule has 3 N–H and O–H groups in total. The van der Waals surface area contributed by atoms with Crippen molar-refractivity contribution < 1.29 is 4.39 Å². The van der Waals surface area contributed by atoms with Gasteiger partial charge < -0.3 is 11.1 Å². The third-order valence-corrected chi connectivity index (χ3v) is 1.49. The molecule has 0 radical (unpaired) electrons. The van der Waals surface area contributed by atoms with Gasteiger partial charge in [-0.3, -0.25) is 0 Å². The van der Waals surface area contributed by atoms with Crippen molar-refractivity contribution in [1.29, 1.82) is 0 Å². The lowest BCUT2D eigenvalue weighted by Gasteiger charge is -1.95. The Kier molecular flexibility index (Phi) is 3.30. The normalized spacial score (nSPS) is 9.08. The Balaban J connectivity index is 2.81. The Morgan fingerprint density at radius 2 is 2.31 bits per heavy atom. The van der Waals surface area contributed by atoms with Crippen LogP contribution >= 0.6 is 0 Å². The van der Waals surface area contributed by atoms with Crippen molar-refractivity contribution in [1.82, 2.24) is 5.32 Å². The van der Waals surface area contributed by atoms with E-state index in [4.69, 9.17) is 5.73 Å². The SMILES string of the molecule is CNCC#Cc1ccc(F)c(N)c1. The van der Waals surface area contributed by atoms with Gasteiger partial charge in [0, 0.05) is 5.56 Å². The summed E-state index contributed by atoms with van der Waals surface area (Å²) in [7, 11) is 1.81. The number of halogens is 1. The molecular weight excluding hydrogens is 167 g/mol. The zero-order valence-electron chi connectivity index (χ0n) is 7.39. The predicted octanol–water partition coefficient (Wildman–Crippen LogP) is 0.979. The Labute approximate surface area is 76.9 Å². The van der Waals surface area contributed by atoms with Gasteiger partial charge in [-0.2, -0.15) is 0 Å². The number of nitrogen functional groups attached to an aromatic ring is 1.